The van der Waals surface area contributed by atoms with Gasteiger partial charge in [-0.15, -0.1) is 34.0 Å². The minimum absolute atomic E-state index is 0. The van der Waals surface area contributed by atoms with Crippen molar-refractivity contribution in [2.75, 3.05) is 13.6 Å². The fourth-order valence-corrected chi connectivity index (χ4v) is 0.681. The molecule has 0 bridgehead atoms. The van der Waals surface area contributed by atoms with Crippen LogP contribution in [0, 0.1) is 0 Å². The molecule has 0 saturated carbocycles. The number of nitrogens with one attached hydrogen (secondary N) is 2. The van der Waals surface area contributed by atoms with Crippen LogP contribution >= 0.6 is 34.0 Å². The molecule has 0 aliphatic carbocycles. The summed E-state index contributed by atoms with van der Waals surface area (Å²) in [6, 6.07) is 0. The van der Waals surface area contributed by atoms with Crippen LogP contribution in [0.25, 0.3) is 0 Å². The van der Waals surface area contributed by atoms with Crippen LogP contribution in [0.3, 0.4) is 0 Å². The SMILES string of the molecule is Br.Br.CNCCc1c[nH]cn1. The van der Waals surface area contributed by atoms with E-state index in [9.17, 15) is 0 Å². The van der Waals surface area contributed by atoms with Gasteiger partial charge in [-0.05, 0) is 7.05 Å². The molecule has 0 radical (unpaired) electrons. The van der Waals surface area contributed by atoms with Crippen LogP contribution in [-0.2, 0) is 6.42 Å². The third-order valence-corrected chi connectivity index (χ3v) is 1.19. The van der Waals surface area contributed by atoms with E-state index in [1.807, 2.05) is 13.2 Å². The Kier molecular flexibility index (Phi) is 10.2. The number of aromatic nitrogens is 2. The number of rotatable bonds is 3. The molecule has 0 saturated heterocycles. The van der Waals surface area contributed by atoms with E-state index in [-0.39, 0.29) is 34.0 Å². The lowest BCUT2D eigenvalue weighted by molar-refractivity contribution is 0.780. The molecule has 2 N–H and O–H groups in total. The molecule has 1 heterocycles. The Morgan fingerprint density at radius 1 is 1.55 bits per heavy atom. The zero-order chi connectivity index (χ0) is 6.53. The third-order valence-electron chi connectivity index (χ3n) is 1.19. The van der Waals surface area contributed by atoms with Gasteiger partial charge < -0.3 is 10.3 Å². The summed E-state index contributed by atoms with van der Waals surface area (Å²) in [5.74, 6) is 0. The summed E-state index contributed by atoms with van der Waals surface area (Å²) in [5.41, 5.74) is 1.12. The Morgan fingerprint density at radius 2 is 2.27 bits per heavy atom. The number of H-pyrrole nitrogens is 1. The molecule has 0 unspecified atom stereocenters. The first-order chi connectivity index (χ1) is 4.43. The summed E-state index contributed by atoms with van der Waals surface area (Å²) in [6.45, 7) is 0.991. The molecular weight excluding hydrogens is 274 g/mol. The maximum Gasteiger partial charge on any atom is 0.0923 e. The van der Waals surface area contributed by atoms with Crippen LogP contribution in [-0.4, -0.2) is 23.6 Å². The lowest BCUT2D eigenvalue weighted by Gasteiger charge is -1.91. The van der Waals surface area contributed by atoms with E-state index < -0.39 is 0 Å². The van der Waals surface area contributed by atoms with Crippen molar-refractivity contribution in [1.82, 2.24) is 15.3 Å². The molecule has 1 aromatic heterocycles. The molecule has 0 aliphatic heterocycles. The summed E-state index contributed by atoms with van der Waals surface area (Å²) >= 11 is 0. The van der Waals surface area contributed by atoms with Gasteiger partial charge in [-0.25, -0.2) is 4.98 Å². The van der Waals surface area contributed by atoms with Crippen molar-refractivity contribution >= 4 is 34.0 Å². The van der Waals surface area contributed by atoms with Crippen LogP contribution in [0.2, 0.25) is 0 Å². The van der Waals surface area contributed by atoms with Gasteiger partial charge in [-0.2, -0.15) is 0 Å². The zero-order valence-electron chi connectivity index (χ0n) is 6.33. The fraction of sp³-hybridized carbons (Fsp3) is 0.500. The Balaban J connectivity index is 0. The van der Waals surface area contributed by atoms with Gasteiger partial charge in [0.25, 0.3) is 0 Å². The van der Waals surface area contributed by atoms with E-state index >= 15 is 0 Å². The molecule has 11 heavy (non-hydrogen) atoms. The minimum Gasteiger partial charge on any atom is -0.351 e. The van der Waals surface area contributed by atoms with Crippen LogP contribution in [0.4, 0.5) is 0 Å². The molecule has 1 aromatic rings. The molecule has 1 rings (SSSR count). The van der Waals surface area contributed by atoms with Gasteiger partial charge in [-0.1, -0.05) is 0 Å². The van der Waals surface area contributed by atoms with Gasteiger partial charge >= 0.3 is 0 Å². The monoisotopic (exact) mass is 285 g/mol. The fourth-order valence-electron chi connectivity index (χ4n) is 0.681. The number of likely N-dealkylation sites (N-methyl/N-ethyl adjacent to an activating group) is 1. The van der Waals surface area contributed by atoms with Crippen molar-refractivity contribution in [1.29, 1.82) is 0 Å². The maximum absolute atomic E-state index is 4.06. The molecule has 66 valence electrons. The molecule has 0 fully saturated rings. The summed E-state index contributed by atoms with van der Waals surface area (Å²) in [7, 11) is 1.94. The zero-order valence-corrected chi connectivity index (χ0v) is 9.76. The van der Waals surface area contributed by atoms with E-state index in [1.165, 1.54) is 0 Å². The van der Waals surface area contributed by atoms with Crippen molar-refractivity contribution in [3.8, 4) is 0 Å². The Hall–Kier alpha value is 0.130. The minimum atomic E-state index is 0. The normalized spacial score (nSPS) is 8.09. The van der Waals surface area contributed by atoms with Crippen LogP contribution in [0.15, 0.2) is 12.5 Å². The number of halogens is 2. The maximum atomic E-state index is 4.06. The van der Waals surface area contributed by atoms with Crippen molar-refractivity contribution in [3.63, 3.8) is 0 Å². The first-order valence-corrected chi connectivity index (χ1v) is 3.05. The second kappa shape index (κ2) is 8.23. The Morgan fingerprint density at radius 3 is 2.73 bits per heavy atom. The quantitative estimate of drug-likeness (QED) is 0.880. The average molecular weight is 287 g/mol. The molecule has 0 amide bonds. The predicted molar refractivity (Wildman–Crippen MR) is 56.9 cm³/mol. The molecule has 0 aliphatic rings. The number of nitrogens with zero attached hydrogens (tertiary/aromatic N) is 1. The summed E-state index contributed by atoms with van der Waals surface area (Å²) in [6.07, 6.45) is 4.61. The number of imidazole rings is 1. The summed E-state index contributed by atoms with van der Waals surface area (Å²) < 4.78 is 0. The molecule has 0 spiro atoms. The van der Waals surface area contributed by atoms with Crippen LogP contribution in [0.5, 0.6) is 0 Å². The average Bonchev–Trinajstić information content (AvgIpc) is 2.34. The smallest absolute Gasteiger partial charge is 0.0923 e. The van der Waals surface area contributed by atoms with Gasteiger partial charge in [0.05, 0.1) is 12.0 Å². The van der Waals surface area contributed by atoms with Gasteiger partial charge in [0.2, 0.25) is 0 Å². The van der Waals surface area contributed by atoms with Gasteiger partial charge in [0.15, 0.2) is 0 Å². The van der Waals surface area contributed by atoms with Crippen LogP contribution in [0.1, 0.15) is 5.69 Å². The predicted octanol–water partition coefficient (Wildman–Crippen LogP) is 1.33. The van der Waals surface area contributed by atoms with E-state index in [0.717, 1.165) is 18.7 Å². The molecule has 5 heteroatoms. The van der Waals surface area contributed by atoms with E-state index in [0.29, 0.717) is 0 Å². The van der Waals surface area contributed by atoms with Crippen molar-refractivity contribution in [3.05, 3.63) is 18.2 Å². The van der Waals surface area contributed by atoms with Gasteiger partial charge in [-0.3, -0.25) is 0 Å². The van der Waals surface area contributed by atoms with Crippen molar-refractivity contribution in [2.24, 2.45) is 0 Å². The largest absolute Gasteiger partial charge is 0.351 e. The molecule has 0 atom stereocenters. The highest BCUT2D eigenvalue weighted by atomic mass is 79.9. The highest BCUT2D eigenvalue weighted by Crippen LogP contribution is 1.89. The summed E-state index contributed by atoms with van der Waals surface area (Å²) in [4.78, 5) is 6.96. The van der Waals surface area contributed by atoms with Crippen LogP contribution < -0.4 is 5.32 Å². The lowest BCUT2D eigenvalue weighted by atomic mass is 10.3. The Bertz CT molecular complexity index is 153. The van der Waals surface area contributed by atoms with E-state index in [4.69, 9.17) is 0 Å². The Labute approximate surface area is 87.5 Å². The highest BCUT2D eigenvalue weighted by molar-refractivity contribution is 8.93. The van der Waals surface area contributed by atoms with Gasteiger partial charge in [0.1, 0.15) is 0 Å². The standard InChI is InChI=1S/C6H11N3.2BrH/c1-7-3-2-6-4-8-5-9-6;;/h4-5,7H,2-3H2,1H3,(H,8,9);2*1H. The van der Waals surface area contributed by atoms with Gasteiger partial charge in [0, 0.05) is 19.2 Å². The second-order valence-electron chi connectivity index (χ2n) is 1.91. The lowest BCUT2D eigenvalue weighted by Crippen LogP contribution is -2.10. The summed E-state index contributed by atoms with van der Waals surface area (Å²) in [5, 5.41) is 3.05. The van der Waals surface area contributed by atoms with E-state index in [2.05, 4.69) is 15.3 Å². The van der Waals surface area contributed by atoms with Crippen molar-refractivity contribution < 1.29 is 0 Å². The first kappa shape index (κ1) is 13.7. The van der Waals surface area contributed by atoms with E-state index in [1.54, 1.807) is 6.33 Å². The van der Waals surface area contributed by atoms with Crippen molar-refractivity contribution in [2.45, 2.75) is 6.42 Å². The molecular formula is C6H13Br2N3. The molecule has 0 aromatic carbocycles. The third kappa shape index (κ3) is 5.41. The number of aromatic amines is 1. The highest BCUT2D eigenvalue weighted by Gasteiger charge is 1.89. The topological polar surface area (TPSA) is 40.7 Å². The number of hydrogen-bond acceptors (Lipinski definition) is 2. The molecule has 3 nitrogen and oxygen atoms in total. The first-order valence-electron chi connectivity index (χ1n) is 3.05. The number of hydrogen-bond donors (Lipinski definition) is 2. The second-order valence-corrected chi connectivity index (χ2v) is 1.91.